The number of carbonyl (C=O) groups is 1. The fourth-order valence-corrected chi connectivity index (χ4v) is 5.71. The van der Waals surface area contributed by atoms with Gasteiger partial charge in [0.05, 0.1) is 16.7 Å². The number of carbonyl (C=O) groups excluding carboxylic acids is 1. The number of para-hydroxylation sites is 1. The largest absolute Gasteiger partial charge is 0.371 e. The van der Waals surface area contributed by atoms with E-state index in [4.69, 9.17) is 4.98 Å². The predicted octanol–water partition coefficient (Wildman–Crippen LogP) is 5.55. The Kier molecular flexibility index (Phi) is 6.15. The molecule has 4 aromatic rings. The summed E-state index contributed by atoms with van der Waals surface area (Å²) in [4.78, 5) is 26.2. The Morgan fingerprint density at radius 1 is 1.03 bits per heavy atom. The number of piperidine rings is 2. The van der Waals surface area contributed by atoms with Gasteiger partial charge in [0.2, 0.25) is 5.91 Å². The van der Waals surface area contributed by atoms with Gasteiger partial charge in [-0.25, -0.2) is 4.98 Å². The van der Waals surface area contributed by atoms with E-state index in [0.29, 0.717) is 5.69 Å². The summed E-state index contributed by atoms with van der Waals surface area (Å²) in [6, 6.07) is 13.1. The molecule has 0 atom stereocenters. The average Bonchev–Trinajstić information content (AvgIpc) is 3.53. The molecule has 0 radical (unpaired) electrons. The number of amides is 1. The number of nitrogens with one attached hydrogen (secondary N) is 3. The van der Waals surface area contributed by atoms with Gasteiger partial charge >= 0.3 is 0 Å². The van der Waals surface area contributed by atoms with Gasteiger partial charge in [-0.2, -0.15) is 5.10 Å². The van der Waals surface area contributed by atoms with Crippen LogP contribution in [-0.4, -0.2) is 63.2 Å². The van der Waals surface area contributed by atoms with E-state index in [-0.39, 0.29) is 5.91 Å². The first-order valence-corrected chi connectivity index (χ1v) is 13.6. The molecule has 194 valence electrons. The second-order valence-corrected chi connectivity index (χ2v) is 11.6. The van der Waals surface area contributed by atoms with E-state index < -0.39 is 5.41 Å². The number of rotatable bonds is 4. The Labute approximate surface area is 217 Å². The topological polar surface area (TPSA) is 92.9 Å². The smallest absolute Gasteiger partial charge is 0.229 e. The van der Waals surface area contributed by atoms with E-state index in [1.54, 1.807) is 0 Å². The second-order valence-electron chi connectivity index (χ2n) is 11.6. The van der Waals surface area contributed by atoms with Crippen LogP contribution in [0.25, 0.3) is 33.5 Å². The molecular formula is C29H37N7O. The summed E-state index contributed by atoms with van der Waals surface area (Å²) in [6.07, 6.45) is 6.58. The zero-order valence-corrected chi connectivity index (χ0v) is 22.1. The summed E-state index contributed by atoms with van der Waals surface area (Å²) >= 11 is 0. The quantitative estimate of drug-likeness (QED) is 0.343. The highest BCUT2D eigenvalue weighted by Crippen LogP contribution is 2.32. The Balaban J connectivity index is 1.22. The zero-order valence-electron chi connectivity index (χ0n) is 22.1. The second kappa shape index (κ2) is 9.49. The molecule has 0 spiro atoms. The number of benzene rings is 2. The molecule has 3 N–H and O–H groups in total. The Bertz CT molecular complexity index is 1420. The van der Waals surface area contributed by atoms with Gasteiger partial charge in [0.15, 0.2) is 5.82 Å². The maximum Gasteiger partial charge on any atom is 0.229 e. The molecule has 0 unspecified atom stereocenters. The maximum atomic E-state index is 12.6. The molecule has 6 rings (SSSR count). The van der Waals surface area contributed by atoms with Crippen LogP contribution >= 0.6 is 0 Å². The third-order valence-electron chi connectivity index (χ3n) is 7.95. The fraction of sp³-hybridized carbons (Fsp3) is 0.483. The lowest BCUT2D eigenvalue weighted by Gasteiger charge is -2.41. The molecule has 0 saturated carbocycles. The van der Waals surface area contributed by atoms with Gasteiger partial charge in [-0.05, 0) is 63.0 Å². The number of aromatic nitrogens is 4. The normalized spacial score (nSPS) is 18.1. The number of likely N-dealkylation sites (tertiary alicyclic amines) is 1. The lowest BCUT2D eigenvalue weighted by atomic mass is 9.95. The summed E-state index contributed by atoms with van der Waals surface area (Å²) in [7, 11) is 0. The summed E-state index contributed by atoms with van der Waals surface area (Å²) in [6.45, 7) is 10.5. The Morgan fingerprint density at radius 2 is 1.81 bits per heavy atom. The highest BCUT2D eigenvalue weighted by molar-refractivity contribution is 6.05. The van der Waals surface area contributed by atoms with Crippen molar-refractivity contribution < 1.29 is 4.79 Å². The van der Waals surface area contributed by atoms with E-state index in [0.717, 1.165) is 52.6 Å². The summed E-state index contributed by atoms with van der Waals surface area (Å²) in [5, 5.41) is 11.6. The molecule has 2 aromatic heterocycles. The minimum Gasteiger partial charge on any atom is -0.371 e. The number of aromatic amines is 2. The van der Waals surface area contributed by atoms with Crippen molar-refractivity contribution in [2.75, 3.05) is 36.4 Å². The Hall–Kier alpha value is -3.39. The number of imidazole rings is 1. The van der Waals surface area contributed by atoms with Crippen molar-refractivity contribution in [3.05, 3.63) is 36.4 Å². The number of nitrogens with zero attached hydrogens (tertiary/aromatic N) is 4. The van der Waals surface area contributed by atoms with Crippen LogP contribution in [0.5, 0.6) is 0 Å². The molecule has 2 saturated heterocycles. The van der Waals surface area contributed by atoms with Gasteiger partial charge in [0, 0.05) is 35.6 Å². The zero-order chi connectivity index (χ0) is 25.6. The molecule has 0 bridgehead atoms. The number of fused-ring (bicyclic) bond motifs is 2. The lowest BCUT2D eigenvalue weighted by molar-refractivity contribution is -0.123. The van der Waals surface area contributed by atoms with E-state index >= 15 is 0 Å². The molecule has 1 amide bonds. The molecule has 2 aliphatic rings. The highest BCUT2D eigenvalue weighted by atomic mass is 16.2. The van der Waals surface area contributed by atoms with Crippen LogP contribution in [-0.2, 0) is 4.79 Å². The van der Waals surface area contributed by atoms with Crippen LogP contribution in [0.15, 0.2) is 36.4 Å². The highest BCUT2D eigenvalue weighted by Gasteiger charge is 2.26. The van der Waals surface area contributed by atoms with Crippen LogP contribution in [0.4, 0.5) is 11.4 Å². The molecule has 37 heavy (non-hydrogen) atoms. The first-order valence-electron chi connectivity index (χ1n) is 13.6. The molecule has 4 heterocycles. The molecule has 2 aliphatic heterocycles. The third-order valence-corrected chi connectivity index (χ3v) is 7.95. The van der Waals surface area contributed by atoms with E-state index in [9.17, 15) is 4.79 Å². The van der Waals surface area contributed by atoms with Crippen LogP contribution < -0.4 is 10.2 Å². The third kappa shape index (κ3) is 4.70. The molecule has 2 fully saturated rings. The monoisotopic (exact) mass is 499 g/mol. The van der Waals surface area contributed by atoms with E-state index in [1.807, 2.05) is 39.0 Å². The van der Waals surface area contributed by atoms with E-state index in [1.165, 1.54) is 50.9 Å². The van der Waals surface area contributed by atoms with Gasteiger partial charge in [-0.3, -0.25) is 9.89 Å². The van der Waals surface area contributed by atoms with E-state index in [2.05, 4.69) is 48.5 Å². The molecule has 0 aliphatic carbocycles. The van der Waals surface area contributed by atoms with Gasteiger partial charge in [0.1, 0.15) is 11.2 Å². The van der Waals surface area contributed by atoms with Gasteiger partial charge < -0.3 is 20.1 Å². The number of hydrogen-bond donors (Lipinski definition) is 3. The maximum absolute atomic E-state index is 12.6. The van der Waals surface area contributed by atoms with Crippen molar-refractivity contribution in [3.8, 4) is 11.5 Å². The van der Waals surface area contributed by atoms with Crippen molar-refractivity contribution in [3.63, 3.8) is 0 Å². The van der Waals surface area contributed by atoms with Crippen molar-refractivity contribution >= 4 is 39.2 Å². The van der Waals surface area contributed by atoms with Crippen molar-refractivity contribution in [1.29, 1.82) is 0 Å². The molecule has 8 nitrogen and oxygen atoms in total. The fourth-order valence-electron chi connectivity index (χ4n) is 5.71. The van der Waals surface area contributed by atoms with Crippen molar-refractivity contribution in [2.24, 2.45) is 5.41 Å². The predicted molar refractivity (Wildman–Crippen MR) is 150 cm³/mol. The minimum absolute atomic E-state index is 0.0409. The molecule has 2 aromatic carbocycles. The standard InChI is InChI=1S/C29H37N7O/c1-29(2,3)28(37)32-23-9-7-8-21-25(23)33-34-26(21)27-30-22-11-10-20(18-24(22)31-27)36-16-12-19(13-17-36)35-14-5-4-6-15-35/h7-11,18-19H,4-6,12-17H2,1-3H3,(H,30,31)(H,32,37)(H,33,34). The minimum atomic E-state index is -0.486. The average molecular weight is 500 g/mol. The first-order chi connectivity index (χ1) is 17.9. The summed E-state index contributed by atoms with van der Waals surface area (Å²) < 4.78 is 0. The number of anilines is 2. The van der Waals surface area contributed by atoms with Gasteiger partial charge in [-0.15, -0.1) is 0 Å². The van der Waals surface area contributed by atoms with Crippen LogP contribution in [0.2, 0.25) is 0 Å². The van der Waals surface area contributed by atoms with Gasteiger partial charge in [-0.1, -0.05) is 39.3 Å². The molecular weight excluding hydrogens is 462 g/mol. The van der Waals surface area contributed by atoms with Gasteiger partial charge in [0.25, 0.3) is 0 Å². The first kappa shape index (κ1) is 24.0. The summed E-state index contributed by atoms with van der Waals surface area (Å²) in [5.74, 6) is 0.707. The summed E-state index contributed by atoms with van der Waals surface area (Å²) in [5.41, 5.74) is 4.97. The van der Waals surface area contributed by atoms with Crippen molar-refractivity contribution in [1.82, 2.24) is 25.1 Å². The number of H-pyrrole nitrogens is 2. The SMILES string of the molecule is CC(C)(C)C(=O)Nc1cccc2c(-c3nc4ccc(N5CCC(N6CCCCC6)CC5)cc4[nH]3)[nH]nc12. The van der Waals surface area contributed by atoms with Crippen LogP contribution in [0.1, 0.15) is 52.9 Å². The van der Waals surface area contributed by atoms with Crippen molar-refractivity contribution in [2.45, 2.75) is 58.9 Å². The van der Waals surface area contributed by atoms with Crippen LogP contribution in [0, 0.1) is 5.41 Å². The van der Waals surface area contributed by atoms with Crippen LogP contribution in [0.3, 0.4) is 0 Å². The molecule has 8 heteroatoms. The number of hydrogen-bond acceptors (Lipinski definition) is 5. The lowest BCUT2D eigenvalue weighted by Crippen LogP contribution is -2.46. The Morgan fingerprint density at radius 3 is 2.57 bits per heavy atom.